The standard InChI is InChI=1S/C14H16N2O5/c1-3-21-13(19)11-7(2)15-14(20)16-12(11)8-4-5-9(17)10(18)6-8/h4-6,11-12,17-18H,2-3H2,1H3,(H2,15,16,20)/t11-,12+/m0/s1. The molecule has 2 amide bonds. The highest BCUT2D eigenvalue weighted by atomic mass is 16.5. The van der Waals surface area contributed by atoms with Crippen molar-refractivity contribution >= 4 is 12.0 Å². The fourth-order valence-corrected chi connectivity index (χ4v) is 2.21. The zero-order valence-corrected chi connectivity index (χ0v) is 11.4. The Balaban J connectivity index is 2.39. The molecule has 0 aliphatic carbocycles. The van der Waals surface area contributed by atoms with Crippen molar-refractivity contribution in [2.45, 2.75) is 13.0 Å². The second-order valence-corrected chi connectivity index (χ2v) is 4.58. The predicted molar refractivity (Wildman–Crippen MR) is 73.4 cm³/mol. The third kappa shape index (κ3) is 2.91. The summed E-state index contributed by atoms with van der Waals surface area (Å²) in [4.78, 5) is 23.7. The molecule has 21 heavy (non-hydrogen) atoms. The van der Waals surface area contributed by atoms with Gasteiger partial charge in [0.1, 0.15) is 5.92 Å². The SMILES string of the molecule is C=C1NC(=O)N[C@H](c2ccc(O)c(O)c2)[C@H]1C(=O)OCC. The topological polar surface area (TPSA) is 108 Å². The molecule has 1 aromatic carbocycles. The Labute approximate surface area is 121 Å². The minimum atomic E-state index is -0.827. The minimum absolute atomic E-state index is 0.199. The van der Waals surface area contributed by atoms with Gasteiger partial charge >= 0.3 is 12.0 Å². The van der Waals surface area contributed by atoms with E-state index in [1.54, 1.807) is 6.92 Å². The van der Waals surface area contributed by atoms with Crippen molar-refractivity contribution in [3.05, 3.63) is 36.0 Å². The van der Waals surface area contributed by atoms with Crippen LogP contribution in [0.2, 0.25) is 0 Å². The molecule has 2 atom stereocenters. The minimum Gasteiger partial charge on any atom is -0.504 e. The molecule has 4 N–H and O–H groups in total. The summed E-state index contributed by atoms with van der Waals surface area (Å²) in [6.07, 6.45) is 0. The average molecular weight is 292 g/mol. The van der Waals surface area contributed by atoms with Gasteiger partial charge in [-0.2, -0.15) is 0 Å². The lowest BCUT2D eigenvalue weighted by molar-refractivity contribution is -0.147. The predicted octanol–water partition coefficient (Wildman–Crippen LogP) is 1.14. The molecule has 0 unspecified atom stereocenters. The molecular formula is C14H16N2O5. The van der Waals surface area contributed by atoms with Gasteiger partial charge in [-0.25, -0.2) is 4.79 Å². The molecule has 0 saturated carbocycles. The van der Waals surface area contributed by atoms with Crippen molar-refractivity contribution in [3.8, 4) is 11.5 Å². The van der Waals surface area contributed by atoms with Crippen LogP contribution in [0.3, 0.4) is 0 Å². The van der Waals surface area contributed by atoms with Crippen molar-refractivity contribution in [1.29, 1.82) is 0 Å². The molecule has 7 nitrogen and oxygen atoms in total. The van der Waals surface area contributed by atoms with E-state index in [1.165, 1.54) is 18.2 Å². The van der Waals surface area contributed by atoms with Crippen molar-refractivity contribution < 1.29 is 24.5 Å². The van der Waals surface area contributed by atoms with E-state index in [0.717, 1.165) is 0 Å². The Morgan fingerprint density at radius 1 is 1.38 bits per heavy atom. The maximum Gasteiger partial charge on any atom is 0.319 e. The van der Waals surface area contributed by atoms with Crippen LogP contribution in [0.5, 0.6) is 11.5 Å². The van der Waals surface area contributed by atoms with E-state index in [1.807, 2.05) is 0 Å². The summed E-state index contributed by atoms with van der Waals surface area (Å²) >= 11 is 0. The number of hydrogen-bond donors (Lipinski definition) is 4. The zero-order chi connectivity index (χ0) is 15.6. The molecule has 1 saturated heterocycles. The third-order valence-electron chi connectivity index (χ3n) is 3.17. The molecule has 0 bridgehead atoms. The first-order chi connectivity index (χ1) is 9.93. The van der Waals surface area contributed by atoms with Crippen LogP contribution in [0.4, 0.5) is 4.79 Å². The monoisotopic (exact) mass is 292 g/mol. The van der Waals surface area contributed by atoms with Gasteiger partial charge in [0.15, 0.2) is 11.5 Å². The summed E-state index contributed by atoms with van der Waals surface area (Å²) < 4.78 is 4.99. The zero-order valence-electron chi connectivity index (χ0n) is 11.4. The molecule has 1 fully saturated rings. The summed E-state index contributed by atoms with van der Waals surface area (Å²) in [5, 5.41) is 24.0. The largest absolute Gasteiger partial charge is 0.504 e. The Hall–Kier alpha value is -2.70. The van der Waals surface area contributed by atoms with Gasteiger partial charge in [-0.1, -0.05) is 12.6 Å². The lowest BCUT2D eigenvalue weighted by Gasteiger charge is -2.33. The summed E-state index contributed by atoms with van der Waals surface area (Å²) in [7, 11) is 0. The van der Waals surface area contributed by atoms with Gasteiger partial charge in [0, 0.05) is 5.70 Å². The van der Waals surface area contributed by atoms with Crippen LogP contribution >= 0.6 is 0 Å². The first-order valence-corrected chi connectivity index (χ1v) is 6.38. The van der Waals surface area contributed by atoms with E-state index in [9.17, 15) is 19.8 Å². The number of nitrogens with one attached hydrogen (secondary N) is 2. The van der Waals surface area contributed by atoms with Crippen molar-refractivity contribution in [1.82, 2.24) is 10.6 Å². The van der Waals surface area contributed by atoms with Crippen LogP contribution in [0.1, 0.15) is 18.5 Å². The Bertz CT molecular complexity index is 599. The van der Waals surface area contributed by atoms with E-state index >= 15 is 0 Å². The first kappa shape index (κ1) is 14.7. The number of amides is 2. The normalized spacial score (nSPS) is 21.4. The third-order valence-corrected chi connectivity index (χ3v) is 3.17. The number of esters is 1. The molecule has 0 radical (unpaired) electrons. The molecule has 7 heteroatoms. The van der Waals surface area contributed by atoms with Crippen LogP contribution in [0.25, 0.3) is 0 Å². The van der Waals surface area contributed by atoms with Crippen LogP contribution < -0.4 is 10.6 Å². The molecule has 0 aromatic heterocycles. The fraction of sp³-hybridized carbons (Fsp3) is 0.286. The van der Waals surface area contributed by atoms with Crippen LogP contribution in [-0.4, -0.2) is 28.8 Å². The molecular weight excluding hydrogens is 276 g/mol. The fourth-order valence-electron chi connectivity index (χ4n) is 2.21. The lowest BCUT2D eigenvalue weighted by atomic mass is 9.89. The van der Waals surface area contributed by atoms with Gasteiger partial charge in [-0.3, -0.25) is 4.79 Å². The van der Waals surface area contributed by atoms with Gasteiger partial charge < -0.3 is 25.6 Å². The average Bonchev–Trinajstić information content (AvgIpc) is 2.41. The number of hydrogen-bond acceptors (Lipinski definition) is 5. The maximum atomic E-state index is 12.1. The Morgan fingerprint density at radius 3 is 2.71 bits per heavy atom. The van der Waals surface area contributed by atoms with E-state index in [4.69, 9.17) is 4.74 Å². The number of phenolic OH excluding ortho intramolecular Hbond substituents is 2. The molecule has 1 aliphatic rings. The van der Waals surface area contributed by atoms with Gasteiger partial charge in [0.25, 0.3) is 0 Å². The van der Waals surface area contributed by atoms with Gasteiger partial charge in [0.2, 0.25) is 0 Å². The number of phenols is 2. The highest BCUT2D eigenvalue weighted by Gasteiger charge is 2.39. The van der Waals surface area contributed by atoms with Crippen LogP contribution in [0, 0.1) is 5.92 Å². The van der Waals surface area contributed by atoms with E-state index in [-0.39, 0.29) is 23.8 Å². The van der Waals surface area contributed by atoms with E-state index < -0.39 is 24.0 Å². The second-order valence-electron chi connectivity index (χ2n) is 4.58. The highest BCUT2D eigenvalue weighted by Crippen LogP contribution is 2.34. The molecule has 2 rings (SSSR count). The van der Waals surface area contributed by atoms with Crippen molar-refractivity contribution in [2.24, 2.45) is 5.92 Å². The van der Waals surface area contributed by atoms with E-state index in [0.29, 0.717) is 5.56 Å². The quantitative estimate of drug-likeness (QED) is 0.493. The van der Waals surface area contributed by atoms with Crippen molar-refractivity contribution in [2.75, 3.05) is 6.61 Å². The summed E-state index contributed by atoms with van der Waals surface area (Å²) in [5.41, 5.74) is 0.675. The summed E-state index contributed by atoms with van der Waals surface area (Å²) in [6.45, 7) is 5.56. The number of carbonyl (C=O) groups is 2. The number of carbonyl (C=O) groups excluding carboxylic acids is 2. The smallest absolute Gasteiger partial charge is 0.319 e. The first-order valence-electron chi connectivity index (χ1n) is 6.38. The highest BCUT2D eigenvalue weighted by molar-refractivity contribution is 5.85. The number of rotatable bonds is 3. The molecule has 1 aromatic rings. The van der Waals surface area contributed by atoms with Crippen molar-refractivity contribution in [3.63, 3.8) is 0 Å². The number of urea groups is 1. The molecule has 1 aliphatic heterocycles. The van der Waals surface area contributed by atoms with Crippen LogP contribution in [-0.2, 0) is 9.53 Å². The maximum absolute atomic E-state index is 12.1. The van der Waals surface area contributed by atoms with Gasteiger partial charge in [-0.15, -0.1) is 0 Å². The summed E-state index contributed by atoms with van der Waals surface area (Å²) in [6, 6.07) is 2.83. The molecule has 112 valence electrons. The van der Waals surface area contributed by atoms with E-state index in [2.05, 4.69) is 17.2 Å². The second kappa shape index (κ2) is 5.74. The number of benzene rings is 1. The van der Waals surface area contributed by atoms with Crippen LogP contribution in [0.15, 0.2) is 30.5 Å². The molecule has 1 heterocycles. The molecule has 0 spiro atoms. The van der Waals surface area contributed by atoms with Gasteiger partial charge in [-0.05, 0) is 24.6 Å². The number of aromatic hydroxyl groups is 2. The van der Waals surface area contributed by atoms with Gasteiger partial charge in [0.05, 0.1) is 12.6 Å². The summed E-state index contributed by atoms with van der Waals surface area (Å²) in [5.74, 6) is -1.99. The lowest BCUT2D eigenvalue weighted by Crippen LogP contribution is -2.51. The Kier molecular flexibility index (Phi) is 4.02. The number of ether oxygens (including phenoxy) is 1. The Morgan fingerprint density at radius 2 is 2.10 bits per heavy atom.